The molecule has 0 saturated carbocycles. The fraction of sp³-hybridized carbons (Fsp3) is 0.220. The Balaban J connectivity index is 1.36. The van der Waals surface area contributed by atoms with Crippen molar-refractivity contribution in [2.24, 2.45) is 0 Å². The molecule has 6 aromatic carbocycles. The normalized spacial score (nSPS) is 16.0. The van der Waals surface area contributed by atoms with Crippen molar-refractivity contribution in [3.63, 3.8) is 0 Å². The number of benzene rings is 6. The van der Waals surface area contributed by atoms with Crippen molar-refractivity contribution in [1.29, 1.82) is 0 Å². The quantitative estimate of drug-likeness (QED) is 0.130. The molecule has 9 rings (SSSR count). The molecule has 1 unspecified atom stereocenters. The summed E-state index contributed by atoms with van der Waals surface area (Å²) < 4.78 is 25.6. The Morgan fingerprint density at radius 2 is 1.21 bits per heavy atom. The van der Waals surface area contributed by atoms with E-state index in [-0.39, 0.29) is 5.41 Å². The second-order valence-electron chi connectivity index (χ2n) is 14.5. The third-order valence-corrected chi connectivity index (χ3v) is 11.7. The van der Waals surface area contributed by atoms with Gasteiger partial charge in [0.25, 0.3) is 0 Å². The molecule has 2 heterocycles. The molecular formula is C50H45N3O4. The first-order chi connectivity index (χ1) is 28.0. The second-order valence-corrected chi connectivity index (χ2v) is 14.5. The van der Waals surface area contributed by atoms with Crippen molar-refractivity contribution in [3.8, 4) is 56.9 Å². The molecule has 1 aliphatic heterocycles. The topological polar surface area (TPSA) is 75.6 Å². The van der Waals surface area contributed by atoms with E-state index >= 15 is 0 Å². The van der Waals surface area contributed by atoms with E-state index in [1.165, 1.54) is 22.3 Å². The Morgan fingerprint density at radius 1 is 0.614 bits per heavy atom. The molecule has 7 aromatic rings. The van der Waals surface area contributed by atoms with Gasteiger partial charge >= 0.3 is 0 Å². The highest BCUT2D eigenvalue weighted by atomic mass is 16.5. The first kappa shape index (κ1) is 36.2. The Bertz CT molecular complexity index is 2580. The highest BCUT2D eigenvalue weighted by Gasteiger charge is 2.48. The van der Waals surface area contributed by atoms with Crippen LogP contribution in [0, 0.1) is 0 Å². The molecule has 0 bridgehead atoms. The van der Waals surface area contributed by atoms with Gasteiger partial charge in [0.05, 0.1) is 20.3 Å². The van der Waals surface area contributed by atoms with Gasteiger partial charge in [0.2, 0.25) is 5.60 Å². The van der Waals surface area contributed by atoms with Crippen molar-refractivity contribution >= 4 is 16.8 Å². The van der Waals surface area contributed by atoms with Gasteiger partial charge in [-0.15, -0.1) is 0 Å². The molecule has 1 aliphatic carbocycles. The van der Waals surface area contributed by atoms with Gasteiger partial charge in [-0.3, -0.25) is 0 Å². The molecule has 0 amide bonds. The predicted octanol–water partition coefficient (Wildman–Crippen LogP) is 11.6. The number of fused-ring (bicyclic) bond motifs is 8. The molecule has 0 spiro atoms. The molecule has 284 valence electrons. The minimum Gasteiger partial charge on any atom is -0.497 e. The molecule has 0 saturated heterocycles. The lowest BCUT2D eigenvalue weighted by molar-refractivity contribution is 0.152. The van der Waals surface area contributed by atoms with E-state index in [0.29, 0.717) is 30.7 Å². The van der Waals surface area contributed by atoms with E-state index in [4.69, 9.17) is 33.9 Å². The summed E-state index contributed by atoms with van der Waals surface area (Å²) in [5.74, 6) is 4.75. The average molecular weight is 752 g/mol. The van der Waals surface area contributed by atoms with E-state index < -0.39 is 5.60 Å². The number of aromatic nitrogens is 3. The number of nitrogens with zero attached hydrogens (tertiary/aromatic N) is 3. The smallest absolute Gasteiger partial charge is 0.212 e. The van der Waals surface area contributed by atoms with Crippen molar-refractivity contribution < 1.29 is 18.9 Å². The third-order valence-electron chi connectivity index (χ3n) is 11.7. The van der Waals surface area contributed by atoms with Crippen LogP contribution in [0.25, 0.3) is 50.8 Å². The molecule has 1 aromatic heterocycles. The maximum absolute atomic E-state index is 7.70. The molecule has 0 N–H and O–H groups in total. The Hall–Kier alpha value is -6.47. The summed E-state index contributed by atoms with van der Waals surface area (Å²) in [5.41, 5.74) is 7.15. The maximum Gasteiger partial charge on any atom is 0.212 e. The zero-order valence-electron chi connectivity index (χ0n) is 33.0. The number of hydrogen-bond donors (Lipinski definition) is 0. The molecule has 57 heavy (non-hydrogen) atoms. The molecule has 0 radical (unpaired) electrons. The fourth-order valence-corrected chi connectivity index (χ4v) is 8.89. The minimum absolute atomic E-state index is 0.281. The first-order valence-electron chi connectivity index (χ1n) is 19.9. The van der Waals surface area contributed by atoms with Crippen LogP contribution < -0.4 is 18.9 Å². The summed E-state index contributed by atoms with van der Waals surface area (Å²) in [6.07, 6.45) is 6.19. The Morgan fingerprint density at radius 3 is 1.81 bits per heavy atom. The average Bonchev–Trinajstić information content (AvgIpc) is 3.57. The van der Waals surface area contributed by atoms with Crippen LogP contribution in [0.1, 0.15) is 68.6 Å². The maximum atomic E-state index is 7.70. The third kappa shape index (κ3) is 5.83. The summed E-state index contributed by atoms with van der Waals surface area (Å²) in [6.45, 7) is 9.77. The van der Waals surface area contributed by atoms with E-state index in [0.717, 1.165) is 68.9 Å². The number of methoxy groups -OCH3 is 1. The van der Waals surface area contributed by atoms with Crippen LogP contribution in [0.5, 0.6) is 23.0 Å². The summed E-state index contributed by atoms with van der Waals surface area (Å²) in [6, 6.07) is 41.1. The van der Waals surface area contributed by atoms with E-state index in [1.54, 1.807) is 7.11 Å². The van der Waals surface area contributed by atoms with E-state index in [2.05, 4.69) is 62.4 Å². The Kier molecular flexibility index (Phi) is 9.24. The number of hydrogen-bond acceptors (Lipinski definition) is 7. The molecule has 1 atom stereocenters. The van der Waals surface area contributed by atoms with Crippen molar-refractivity contribution in [2.45, 2.75) is 51.6 Å². The van der Waals surface area contributed by atoms with Gasteiger partial charge in [-0.05, 0) is 103 Å². The fourth-order valence-electron chi connectivity index (χ4n) is 8.89. The van der Waals surface area contributed by atoms with Crippen LogP contribution >= 0.6 is 0 Å². The van der Waals surface area contributed by atoms with Crippen molar-refractivity contribution in [1.82, 2.24) is 15.0 Å². The van der Waals surface area contributed by atoms with E-state index in [9.17, 15) is 0 Å². The molecule has 2 aliphatic rings. The first-order valence-corrected chi connectivity index (χ1v) is 19.9. The van der Waals surface area contributed by atoms with Crippen LogP contribution in [0.15, 0.2) is 127 Å². The van der Waals surface area contributed by atoms with Gasteiger partial charge in [-0.25, -0.2) is 15.0 Å². The molecule has 7 heteroatoms. The Labute approximate surface area is 334 Å². The SMILES string of the molecule is CCOc1ccc2c(c1)C(CC)(CC)c1c3c(c4cc(OCC)ccc4c1-2)OC(c1ccc(OC)cc1)(c1nc(-c2ccccc2)nc(-c2ccccc2)n1)C=C3. The summed E-state index contributed by atoms with van der Waals surface area (Å²) in [5, 5.41) is 2.06. The highest BCUT2D eigenvalue weighted by molar-refractivity contribution is 6.09. The van der Waals surface area contributed by atoms with Gasteiger partial charge < -0.3 is 18.9 Å². The molecule has 0 fully saturated rings. The highest BCUT2D eigenvalue weighted by Crippen LogP contribution is 2.61. The van der Waals surface area contributed by atoms with Crippen molar-refractivity contribution in [2.75, 3.05) is 20.3 Å². The van der Waals surface area contributed by atoms with Gasteiger partial charge in [0, 0.05) is 33.1 Å². The van der Waals surface area contributed by atoms with Crippen LogP contribution in [-0.2, 0) is 11.0 Å². The van der Waals surface area contributed by atoms with Gasteiger partial charge in [-0.1, -0.05) is 98.8 Å². The molecular weight excluding hydrogens is 707 g/mol. The molecule has 7 nitrogen and oxygen atoms in total. The van der Waals surface area contributed by atoms with Gasteiger partial charge in [-0.2, -0.15) is 0 Å². The van der Waals surface area contributed by atoms with E-state index in [1.807, 2.05) is 98.8 Å². The number of ether oxygens (including phenoxy) is 4. The van der Waals surface area contributed by atoms with Gasteiger partial charge in [0.15, 0.2) is 17.5 Å². The summed E-state index contributed by atoms with van der Waals surface area (Å²) >= 11 is 0. The lowest BCUT2D eigenvalue weighted by Crippen LogP contribution is -2.37. The lowest BCUT2D eigenvalue weighted by atomic mass is 9.71. The zero-order valence-corrected chi connectivity index (χ0v) is 33.0. The lowest BCUT2D eigenvalue weighted by Gasteiger charge is -2.38. The van der Waals surface area contributed by atoms with Crippen LogP contribution in [-0.4, -0.2) is 35.3 Å². The predicted molar refractivity (Wildman–Crippen MR) is 227 cm³/mol. The zero-order chi connectivity index (χ0) is 39.1. The standard InChI is InChI=1S/C50H45N3O4/c1-6-49(7-2)42-31-37(56-9-4)25-27-39(42)43-38-26-24-36(55-8-3)30-41(38)45-40(44(43)49)28-29-50(57-45,34-20-22-35(54-5)23-21-34)48-52-46(32-16-12-10-13-17-32)51-47(53-48)33-18-14-11-15-19-33/h10-31H,6-9H2,1-5H3. The summed E-state index contributed by atoms with van der Waals surface area (Å²) in [4.78, 5) is 15.6. The van der Waals surface area contributed by atoms with Gasteiger partial charge in [0.1, 0.15) is 23.0 Å². The number of rotatable bonds is 11. The van der Waals surface area contributed by atoms with Crippen LogP contribution in [0.3, 0.4) is 0 Å². The second kappa shape index (κ2) is 14.6. The monoisotopic (exact) mass is 751 g/mol. The minimum atomic E-state index is -1.26. The van der Waals surface area contributed by atoms with Crippen molar-refractivity contribution in [3.05, 3.63) is 155 Å². The largest absolute Gasteiger partial charge is 0.497 e. The summed E-state index contributed by atoms with van der Waals surface area (Å²) in [7, 11) is 1.67. The van der Waals surface area contributed by atoms with Crippen LogP contribution in [0.4, 0.5) is 0 Å². The van der Waals surface area contributed by atoms with Crippen LogP contribution in [0.2, 0.25) is 0 Å².